The number of aliphatic carboxylic acids is 1. The van der Waals surface area contributed by atoms with Gasteiger partial charge in [0.05, 0.1) is 0 Å². The number of hydrogen-bond donors (Lipinski definition) is 0. The molecule has 0 radical (unpaired) electrons. The van der Waals surface area contributed by atoms with Crippen LogP contribution in [0.15, 0.2) is 0 Å². The van der Waals surface area contributed by atoms with Gasteiger partial charge in [0.1, 0.15) is 5.97 Å². The van der Waals surface area contributed by atoms with Crippen molar-refractivity contribution in [2.24, 2.45) is 0 Å². The fraction of sp³-hybridized carbons (Fsp3) is 0.333. The first-order chi connectivity index (χ1) is 2.64. The molecule has 0 rings (SSSR count). The molecule has 0 aromatic carbocycles. The van der Waals surface area contributed by atoms with Gasteiger partial charge in [-0.1, -0.05) is 0 Å². The number of carboxylic acids is 1. The molecule has 0 bridgehead atoms. The standard InChI is InChI=1S/C3H4O3.Na.H2O/c1-2(4)3(5)6;;/h1H3,(H,5,6);;1H2/q;+1;/p-1. The average Bonchev–Trinajstić information content (AvgIpc) is 1.36. The Morgan fingerprint density at radius 3 is 1.50 bits per heavy atom. The molecule has 42 valence electrons. The van der Waals surface area contributed by atoms with Crippen LogP contribution < -0.4 is 34.7 Å². The number of carbonyl (C=O) groups excluding carboxylic acids is 2. The zero-order valence-corrected chi connectivity index (χ0v) is 6.72. The fourth-order valence-corrected chi connectivity index (χ4v) is 0. The number of rotatable bonds is 1. The van der Waals surface area contributed by atoms with Gasteiger partial charge in [0, 0.05) is 6.92 Å². The van der Waals surface area contributed by atoms with Crippen LogP contribution in [0, 0.1) is 0 Å². The number of ketones is 1. The van der Waals surface area contributed by atoms with E-state index in [4.69, 9.17) is 0 Å². The van der Waals surface area contributed by atoms with E-state index in [0.29, 0.717) is 0 Å². The fourth-order valence-electron chi connectivity index (χ4n) is 0. The molecular formula is C3H5NaO4. The van der Waals surface area contributed by atoms with Crippen molar-refractivity contribution in [3.63, 3.8) is 0 Å². The zero-order chi connectivity index (χ0) is 5.15. The third-order valence-electron chi connectivity index (χ3n) is 0.287. The molecule has 8 heavy (non-hydrogen) atoms. The molecular weight excluding hydrogens is 123 g/mol. The van der Waals surface area contributed by atoms with Crippen LogP contribution in [-0.2, 0) is 9.59 Å². The Labute approximate surface area is 68.5 Å². The van der Waals surface area contributed by atoms with Gasteiger partial charge in [0.15, 0.2) is 5.78 Å². The Morgan fingerprint density at radius 2 is 1.50 bits per heavy atom. The maximum atomic E-state index is 9.48. The summed E-state index contributed by atoms with van der Waals surface area (Å²) in [5.41, 5.74) is 0. The van der Waals surface area contributed by atoms with Crippen molar-refractivity contribution in [2.75, 3.05) is 0 Å². The SMILES string of the molecule is CC(=O)C(=O)[O-].O.[Na+]. The average molecular weight is 128 g/mol. The minimum atomic E-state index is -1.63. The molecule has 0 aliphatic carbocycles. The minimum absolute atomic E-state index is 0. The second-order valence-electron chi connectivity index (χ2n) is 0.844. The summed E-state index contributed by atoms with van der Waals surface area (Å²) in [6.07, 6.45) is 0. The summed E-state index contributed by atoms with van der Waals surface area (Å²) in [7, 11) is 0. The van der Waals surface area contributed by atoms with Gasteiger partial charge in [0.2, 0.25) is 0 Å². The summed E-state index contributed by atoms with van der Waals surface area (Å²) < 4.78 is 0. The van der Waals surface area contributed by atoms with Crippen molar-refractivity contribution < 1.29 is 49.7 Å². The van der Waals surface area contributed by atoms with Crippen LogP contribution in [0.2, 0.25) is 0 Å². The second kappa shape index (κ2) is 7.10. The van der Waals surface area contributed by atoms with E-state index in [0.717, 1.165) is 6.92 Å². The first-order valence-corrected chi connectivity index (χ1v) is 1.36. The molecule has 0 fully saturated rings. The van der Waals surface area contributed by atoms with Crippen molar-refractivity contribution in [1.29, 1.82) is 0 Å². The second-order valence-corrected chi connectivity index (χ2v) is 0.844. The van der Waals surface area contributed by atoms with Crippen molar-refractivity contribution in [3.05, 3.63) is 0 Å². The largest absolute Gasteiger partial charge is 1.00 e. The molecule has 0 unspecified atom stereocenters. The van der Waals surface area contributed by atoms with Gasteiger partial charge >= 0.3 is 29.6 Å². The zero-order valence-electron chi connectivity index (χ0n) is 4.72. The quantitative estimate of drug-likeness (QED) is 0.260. The van der Waals surface area contributed by atoms with Crippen LogP contribution in [0.5, 0.6) is 0 Å². The monoisotopic (exact) mass is 128 g/mol. The van der Waals surface area contributed by atoms with E-state index < -0.39 is 11.8 Å². The van der Waals surface area contributed by atoms with E-state index >= 15 is 0 Å². The Kier molecular flexibility index (Phi) is 13.9. The van der Waals surface area contributed by atoms with Gasteiger partial charge in [-0.25, -0.2) is 0 Å². The van der Waals surface area contributed by atoms with E-state index in [-0.39, 0.29) is 35.0 Å². The van der Waals surface area contributed by atoms with E-state index in [9.17, 15) is 14.7 Å². The predicted octanol–water partition coefficient (Wildman–Crippen LogP) is -5.50. The van der Waals surface area contributed by atoms with Crippen LogP contribution in [0.4, 0.5) is 0 Å². The molecule has 0 aliphatic heterocycles. The third-order valence-corrected chi connectivity index (χ3v) is 0.287. The van der Waals surface area contributed by atoms with Crippen LogP contribution >= 0.6 is 0 Å². The summed E-state index contributed by atoms with van der Waals surface area (Å²) in [4.78, 5) is 18.7. The van der Waals surface area contributed by atoms with Gasteiger partial charge in [-0.3, -0.25) is 4.79 Å². The molecule has 0 atom stereocenters. The van der Waals surface area contributed by atoms with Gasteiger partial charge in [-0.15, -0.1) is 0 Å². The van der Waals surface area contributed by atoms with Crippen LogP contribution in [0.3, 0.4) is 0 Å². The molecule has 0 aromatic heterocycles. The molecule has 0 amide bonds. The van der Waals surface area contributed by atoms with Gasteiger partial charge in [-0.05, 0) is 0 Å². The summed E-state index contributed by atoms with van der Waals surface area (Å²) >= 11 is 0. The maximum absolute atomic E-state index is 9.48. The summed E-state index contributed by atoms with van der Waals surface area (Å²) in [6, 6.07) is 0. The molecule has 0 spiro atoms. The van der Waals surface area contributed by atoms with Crippen LogP contribution in [-0.4, -0.2) is 17.2 Å². The summed E-state index contributed by atoms with van der Waals surface area (Å²) in [5.74, 6) is -2.56. The number of Topliss-reactive ketones (excluding diaryl/α,β-unsaturated/α-hetero) is 1. The van der Waals surface area contributed by atoms with Crippen LogP contribution in [0.25, 0.3) is 0 Å². The third kappa shape index (κ3) is 9.44. The first kappa shape index (κ1) is 15.7. The van der Waals surface area contributed by atoms with Crippen molar-refractivity contribution in [1.82, 2.24) is 0 Å². The Bertz CT molecular complexity index is 77.3. The molecule has 0 saturated carbocycles. The van der Waals surface area contributed by atoms with Gasteiger partial charge in [-0.2, -0.15) is 0 Å². The molecule has 2 N–H and O–H groups in total. The molecule has 0 aromatic rings. The number of carbonyl (C=O) groups is 2. The van der Waals surface area contributed by atoms with Crippen molar-refractivity contribution in [2.45, 2.75) is 6.92 Å². The minimum Gasteiger partial charge on any atom is -0.542 e. The van der Waals surface area contributed by atoms with Crippen molar-refractivity contribution >= 4 is 11.8 Å². The van der Waals surface area contributed by atoms with Crippen molar-refractivity contribution in [3.8, 4) is 0 Å². The Balaban J connectivity index is -0.000000125. The molecule has 4 nitrogen and oxygen atoms in total. The first-order valence-electron chi connectivity index (χ1n) is 1.36. The topological polar surface area (TPSA) is 88.7 Å². The number of hydrogen-bond acceptors (Lipinski definition) is 3. The molecule has 0 aliphatic rings. The van der Waals surface area contributed by atoms with E-state index in [1.807, 2.05) is 0 Å². The number of carboxylic acid groups (broad SMARTS) is 1. The molecule has 0 saturated heterocycles. The smallest absolute Gasteiger partial charge is 0.542 e. The molecule has 5 heteroatoms. The summed E-state index contributed by atoms with van der Waals surface area (Å²) in [5, 5.41) is 9.24. The van der Waals surface area contributed by atoms with Gasteiger partial charge < -0.3 is 15.4 Å². The Morgan fingerprint density at radius 1 is 1.38 bits per heavy atom. The van der Waals surface area contributed by atoms with E-state index in [1.165, 1.54) is 0 Å². The van der Waals surface area contributed by atoms with Crippen LogP contribution in [0.1, 0.15) is 6.92 Å². The Hall–Kier alpha value is 0.1000. The van der Waals surface area contributed by atoms with Gasteiger partial charge in [0.25, 0.3) is 0 Å². The summed E-state index contributed by atoms with van der Waals surface area (Å²) in [6.45, 7) is 0.940. The predicted molar refractivity (Wildman–Crippen MR) is 19.3 cm³/mol. The maximum Gasteiger partial charge on any atom is 1.00 e. The normalized spacial score (nSPS) is 5.62. The van der Waals surface area contributed by atoms with E-state index in [1.54, 1.807) is 0 Å². The van der Waals surface area contributed by atoms with E-state index in [2.05, 4.69) is 0 Å². The molecule has 0 heterocycles.